The number of imide groups is 1. The summed E-state index contributed by atoms with van der Waals surface area (Å²) in [5.74, 6) is 3.26. The first-order valence-corrected chi connectivity index (χ1v) is 12.4. The number of methoxy groups -OCH3 is 1. The van der Waals surface area contributed by atoms with E-state index in [1.807, 2.05) is 60.2 Å². The van der Waals surface area contributed by atoms with Crippen LogP contribution in [0.3, 0.4) is 0 Å². The summed E-state index contributed by atoms with van der Waals surface area (Å²) in [5.41, 5.74) is 3.23. The van der Waals surface area contributed by atoms with E-state index in [2.05, 4.69) is 23.0 Å². The van der Waals surface area contributed by atoms with E-state index in [-0.39, 0.29) is 18.0 Å². The predicted molar refractivity (Wildman–Crippen MR) is 140 cm³/mol. The molecule has 7 heteroatoms. The van der Waals surface area contributed by atoms with Gasteiger partial charge in [0.15, 0.2) is 0 Å². The highest BCUT2D eigenvalue weighted by molar-refractivity contribution is 6.08. The van der Waals surface area contributed by atoms with Gasteiger partial charge in [-0.2, -0.15) is 0 Å². The summed E-state index contributed by atoms with van der Waals surface area (Å²) in [6.45, 7) is 3.54. The first-order valence-electron chi connectivity index (χ1n) is 12.4. The minimum atomic E-state index is -0.952. The van der Waals surface area contributed by atoms with Crippen LogP contribution in [0.1, 0.15) is 36.2 Å². The Morgan fingerprint density at radius 1 is 1.22 bits per heavy atom. The van der Waals surface area contributed by atoms with Crippen LogP contribution in [-0.2, 0) is 17.6 Å². The highest BCUT2D eigenvalue weighted by Gasteiger charge is 2.59. The van der Waals surface area contributed by atoms with Gasteiger partial charge in [-0.15, -0.1) is 6.42 Å². The van der Waals surface area contributed by atoms with E-state index in [1.54, 1.807) is 7.11 Å². The van der Waals surface area contributed by atoms with Gasteiger partial charge in [0, 0.05) is 36.1 Å². The first kappa shape index (κ1) is 24.0. The third-order valence-corrected chi connectivity index (χ3v) is 7.54. The SMILES string of the molecule is C#CCN(C)CCCN1C(=O)N2C(Cc3ccccc3)c3[nH]c4ccc(OC)cc4c3C[C@@]2(C)C1=O. The third kappa shape index (κ3) is 3.92. The molecular weight excluding hydrogens is 452 g/mol. The number of amides is 3. The molecule has 2 aromatic carbocycles. The van der Waals surface area contributed by atoms with Gasteiger partial charge in [0.05, 0.1) is 19.7 Å². The Bertz CT molecular complexity index is 1340. The highest BCUT2D eigenvalue weighted by atomic mass is 16.5. The van der Waals surface area contributed by atoms with Crippen LogP contribution in [0.2, 0.25) is 0 Å². The summed E-state index contributed by atoms with van der Waals surface area (Å²) >= 11 is 0. The normalized spacial score (nSPS) is 21.1. The van der Waals surface area contributed by atoms with Gasteiger partial charge < -0.3 is 14.6 Å². The number of benzene rings is 2. The molecule has 1 N–H and O–H groups in total. The number of rotatable bonds is 8. The molecule has 0 radical (unpaired) electrons. The maximum atomic E-state index is 13.8. The van der Waals surface area contributed by atoms with Crippen LogP contribution in [0.5, 0.6) is 5.75 Å². The van der Waals surface area contributed by atoms with E-state index in [0.717, 1.165) is 40.0 Å². The van der Waals surface area contributed by atoms with Gasteiger partial charge >= 0.3 is 6.03 Å². The number of hydrogen-bond acceptors (Lipinski definition) is 4. The molecule has 186 valence electrons. The zero-order chi connectivity index (χ0) is 25.4. The van der Waals surface area contributed by atoms with Crippen LogP contribution >= 0.6 is 0 Å². The fourth-order valence-electron chi connectivity index (χ4n) is 5.74. The second-order valence-corrected chi connectivity index (χ2v) is 9.99. The number of aromatic nitrogens is 1. The summed E-state index contributed by atoms with van der Waals surface area (Å²) in [4.78, 5) is 36.5. The average Bonchev–Trinajstić information content (AvgIpc) is 3.32. The zero-order valence-corrected chi connectivity index (χ0v) is 21.1. The van der Waals surface area contributed by atoms with Crippen molar-refractivity contribution in [3.63, 3.8) is 0 Å². The maximum absolute atomic E-state index is 13.8. The molecule has 2 atom stereocenters. The minimum Gasteiger partial charge on any atom is -0.497 e. The van der Waals surface area contributed by atoms with Crippen LogP contribution in [0.4, 0.5) is 4.79 Å². The van der Waals surface area contributed by atoms with Crippen LogP contribution < -0.4 is 4.74 Å². The number of aromatic amines is 1. The lowest BCUT2D eigenvalue weighted by Gasteiger charge is -2.42. The lowest BCUT2D eigenvalue weighted by atomic mass is 9.81. The van der Waals surface area contributed by atoms with Gasteiger partial charge in [-0.1, -0.05) is 36.3 Å². The van der Waals surface area contributed by atoms with Crippen molar-refractivity contribution in [2.24, 2.45) is 0 Å². The molecule has 1 unspecified atom stereocenters. The molecule has 1 saturated heterocycles. The van der Waals surface area contributed by atoms with Crippen molar-refractivity contribution in [1.29, 1.82) is 0 Å². The average molecular weight is 485 g/mol. The highest BCUT2D eigenvalue weighted by Crippen LogP contribution is 2.47. The maximum Gasteiger partial charge on any atom is 0.328 e. The van der Waals surface area contributed by atoms with E-state index in [0.29, 0.717) is 32.4 Å². The number of H-pyrrole nitrogens is 1. The van der Waals surface area contributed by atoms with Crippen molar-refractivity contribution < 1.29 is 14.3 Å². The molecule has 2 aliphatic rings. The number of hydrogen-bond donors (Lipinski definition) is 1. The van der Waals surface area contributed by atoms with E-state index < -0.39 is 5.54 Å². The van der Waals surface area contributed by atoms with Crippen molar-refractivity contribution in [1.82, 2.24) is 19.7 Å². The molecule has 0 spiro atoms. The summed E-state index contributed by atoms with van der Waals surface area (Å²) in [7, 11) is 3.60. The number of nitrogens with one attached hydrogen (secondary N) is 1. The summed E-state index contributed by atoms with van der Waals surface area (Å²) < 4.78 is 5.48. The van der Waals surface area contributed by atoms with Gasteiger partial charge in [0.2, 0.25) is 0 Å². The number of terminal acetylenes is 1. The summed E-state index contributed by atoms with van der Waals surface area (Å²) in [5, 5.41) is 1.04. The monoisotopic (exact) mass is 484 g/mol. The van der Waals surface area contributed by atoms with E-state index in [9.17, 15) is 9.59 Å². The molecule has 7 nitrogen and oxygen atoms in total. The van der Waals surface area contributed by atoms with Crippen molar-refractivity contribution in [3.05, 3.63) is 65.4 Å². The second-order valence-electron chi connectivity index (χ2n) is 9.99. The van der Waals surface area contributed by atoms with Crippen LogP contribution in [0, 0.1) is 12.3 Å². The smallest absolute Gasteiger partial charge is 0.328 e. The molecule has 1 fully saturated rings. The number of nitrogens with zero attached hydrogens (tertiary/aromatic N) is 3. The predicted octanol–water partition coefficient (Wildman–Crippen LogP) is 3.99. The first-order chi connectivity index (χ1) is 17.4. The molecule has 3 heterocycles. The van der Waals surface area contributed by atoms with Gasteiger partial charge in [0.1, 0.15) is 11.3 Å². The number of ether oxygens (including phenoxy) is 1. The molecule has 0 aliphatic carbocycles. The van der Waals surface area contributed by atoms with Gasteiger partial charge in [0.25, 0.3) is 5.91 Å². The van der Waals surface area contributed by atoms with Gasteiger partial charge in [-0.3, -0.25) is 14.6 Å². The Morgan fingerprint density at radius 3 is 2.72 bits per heavy atom. The van der Waals surface area contributed by atoms with Gasteiger partial charge in [-0.25, -0.2) is 4.79 Å². The fraction of sp³-hybridized carbons (Fsp3) is 0.379. The fourth-order valence-corrected chi connectivity index (χ4v) is 5.74. The van der Waals surface area contributed by atoms with E-state index in [1.165, 1.54) is 4.90 Å². The third-order valence-electron chi connectivity index (χ3n) is 7.54. The molecule has 3 amide bonds. The van der Waals surface area contributed by atoms with E-state index >= 15 is 0 Å². The summed E-state index contributed by atoms with van der Waals surface area (Å²) in [6.07, 6.45) is 7.15. The zero-order valence-electron chi connectivity index (χ0n) is 21.1. The molecule has 2 aliphatic heterocycles. The molecule has 3 aromatic rings. The Labute approximate surface area is 212 Å². The molecule has 0 bridgehead atoms. The van der Waals surface area contributed by atoms with Gasteiger partial charge in [-0.05, 0) is 56.1 Å². The molecule has 0 saturated carbocycles. The second kappa shape index (κ2) is 9.36. The number of fused-ring (bicyclic) bond motifs is 4. The molecular formula is C29H32N4O3. The van der Waals surface area contributed by atoms with Crippen molar-refractivity contribution in [2.45, 2.75) is 37.8 Å². The van der Waals surface area contributed by atoms with Crippen LogP contribution in [0.25, 0.3) is 10.9 Å². The van der Waals surface area contributed by atoms with Crippen molar-refractivity contribution in [3.8, 4) is 18.1 Å². The molecule has 1 aromatic heterocycles. The van der Waals surface area contributed by atoms with Crippen LogP contribution in [0.15, 0.2) is 48.5 Å². The Morgan fingerprint density at radius 2 is 2.00 bits per heavy atom. The Hall–Kier alpha value is -3.76. The minimum absolute atomic E-state index is 0.131. The number of carbonyl (C=O) groups is 2. The van der Waals surface area contributed by atoms with E-state index in [4.69, 9.17) is 11.2 Å². The molecule has 5 rings (SSSR count). The van der Waals surface area contributed by atoms with Crippen molar-refractivity contribution in [2.75, 3.05) is 33.8 Å². The molecule has 36 heavy (non-hydrogen) atoms. The quantitative estimate of drug-likeness (QED) is 0.388. The lowest BCUT2D eigenvalue weighted by Crippen LogP contribution is -2.53. The van der Waals surface area contributed by atoms with Crippen molar-refractivity contribution >= 4 is 22.8 Å². The topological polar surface area (TPSA) is 68.9 Å². The Balaban J connectivity index is 1.54. The Kier molecular flexibility index (Phi) is 6.23. The largest absolute Gasteiger partial charge is 0.497 e. The number of carbonyl (C=O) groups excluding carboxylic acids is 2. The lowest BCUT2D eigenvalue weighted by molar-refractivity contribution is -0.133. The summed E-state index contributed by atoms with van der Waals surface area (Å²) in [6, 6.07) is 15.6. The standard InChI is InChI=1S/C29H32N4O3/c1-5-14-31(3)15-9-16-32-27(34)29(2)19-23-22-18-21(36-4)12-13-24(22)30-26(23)25(33(29)28(32)35)17-20-10-7-6-8-11-20/h1,6-8,10-13,18,25,30H,9,14-17,19H2,2-4H3/t25?,29-/m0/s1. The number of urea groups is 1. The van der Waals surface area contributed by atoms with Crippen LogP contribution in [-0.4, -0.2) is 71.0 Å².